The van der Waals surface area contributed by atoms with Crippen LogP contribution >= 0.6 is 0 Å². The number of nitrogens with one attached hydrogen (secondary N) is 1. The molecule has 0 bridgehead atoms. The molecule has 110 valence electrons. The zero-order valence-corrected chi connectivity index (χ0v) is 11.8. The Kier molecular flexibility index (Phi) is 4.81. The van der Waals surface area contributed by atoms with Crippen molar-refractivity contribution in [3.8, 4) is 11.5 Å². The number of para-hydroxylation sites is 1. The average molecular weight is 280 g/mol. The monoisotopic (exact) mass is 280 g/mol. The van der Waals surface area contributed by atoms with E-state index in [0.29, 0.717) is 31.1 Å². The van der Waals surface area contributed by atoms with Gasteiger partial charge in [-0.1, -0.05) is 12.1 Å². The number of carbonyl (C=O) groups is 1. The Labute approximate surface area is 118 Å². The SMILES string of the molecule is COc1cccc(CN2CCNCC2C(=O)O)c1OC. The van der Waals surface area contributed by atoms with Crippen molar-refractivity contribution in [2.75, 3.05) is 33.9 Å². The number of benzene rings is 1. The number of aliphatic carboxylic acids is 1. The van der Waals surface area contributed by atoms with E-state index in [1.54, 1.807) is 14.2 Å². The largest absolute Gasteiger partial charge is 0.493 e. The molecular weight excluding hydrogens is 260 g/mol. The molecule has 0 radical (unpaired) electrons. The maximum absolute atomic E-state index is 11.3. The fourth-order valence-corrected chi connectivity index (χ4v) is 2.48. The molecule has 0 spiro atoms. The van der Waals surface area contributed by atoms with E-state index < -0.39 is 12.0 Å². The molecule has 2 N–H and O–H groups in total. The maximum atomic E-state index is 11.3. The lowest BCUT2D eigenvalue weighted by Crippen LogP contribution is -2.54. The van der Waals surface area contributed by atoms with Crippen molar-refractivity contribution in [2.24, 2.45) is 0 Å². The number of hydrogen-bond acceptors (Lipinski definition) is 5. The first kappa shape index (κ1) is 14.6. The van der Waals surface area contributed by atoms with Crippen molar-refractivity contribution in [3.05, 3.63) is 23.8 Å². The van der Waals surface area contributed by atoms with E-state index in [9.17, 15) is 9.90 Å². The van der Waals surface area contributed by atoms with Crippen LogP contribution in [-0.4, -0.2) is 55.9 Å². The summed E-state index contributed by atoms with van der Waals surface area (Å²) in [5, 5.41) is 12.4. The van der Waals surface area contributed by atoms with E-state index in [1.807, 2.05) is 23.1 Å². The lowest BCUT2D eigenvalue weighted by Gasteiger charge is -2.33. The fourth-order valence-electron chi connectivity index (χ4n) is 2.48. The Morgan fingerprint density at radius 3 is 2.90 bits per heavy atom. The quantitative estimate of drug-likeness (QED) is 0.821. The molecule has 0 aromatic heterocycles. The van der Waals surface area contributed by atoms with Gasteiger partial charge in [0.05, 0.1) is 14.2 Å². The predicted octanol–water partition coefficient (Wildman–Crippen LogP) is 0.562. The minimum atomic E-state index is -0.806. The van der Waals surface area contributed by atoms with E-state index in [-0.39, 0.29) is 0 Å². The van der Waals surface area contributed by atoms with Crippen molar-refractivity contribution >= 4 is 5.97 Å². The summed E-state index contributed by atoms with van der Waals surface area (Å²) in [6.07, 6.45) is 0. The molecule has 2 rings (SSSR count). The highest BCUT2D eigenvalue weighted by Crippen LogP contribution is 2.31. The van der Waals surface area contributed by atoms with Crippen molar-refractivity contribution in [1.29, 1.82) is 0 Å². The second kappa shape index (κ2) is 6.58. The Morgan fingerprint density at radius 1 is 1.45 bits per heavy atom. The summed E-state index contributed by atoms with van der Waals surface area (Å²) in [6, 6.07) is 5.13. The van der Waals surface area contributed by atoms with Gasteiger partial charge in [-0.05, 0) is 6.07 Å². The van der Waals surface area contributed by atoms with E-state index in [1.165, 1.54) is 0 Å². The summed E-state index contributed by atoms with van der Waals surface area (Å²) in [4.78, 5) is 13.2. The van der Waals surface area contributed by atoms with Crippen LogP contribution in [0.25, 0.3) is 0 Å². The number of carboxylic acid groups (broad SMARTS) is 1. The predicted molar refractivity (Wildman–Crippen MR) is 74.2 cm³/mol. The maximum Gasteiger partial charge on any atom is 0.322 e. The van der Waals surface area contributed by atoms with Crippen molar-refractivity contribution in [2.45, 2.75) is 12.6 Å². The van der Waals surface area contributed by atoms with Crippen molar-refractivity contribution in [3.63, 3.8) is 0 Å². The molecule has 1 aromatic rings. The fraction of sp³-hybridized carbons (Fsp3) is 0.500. The summed E-state index contributed by atoms with van der Waals surface area (Å²) in [5.41, 5.74) is 0.931. The second-order valence-electron chi connectivity index (χ2n) is 4.68. The van der Waals surface area contributed by atoms with Crippen LogP contribution in [0.5, 0.6) is 11.5 Å². The Balaban J connectivity index is 2.22. The topological polar surface area (TPSA) is 71.0 Å². The number of ether oxygens (including phenoxy) is 2. The first-order valence-electron chi connectivity index (χ1n) is 6.54. The van der Waals surface area contributed by atoms with Gasteiger partial charge in [0.2, 0.25) is 0 Å². The van der Waals surface area contributed by atoms with Crippen LogP contribution in [0.15, 0.2) is 18.2 Å². The van der Waals surface area contributed by atoms with E-state index in [0.717, 1.165) is 12.1 Å². The molecule has 1 saturated heterocycles. The highest BCUT2D eigenvalue weighted by atomic mass is 16.5. The lowest BCUT2D eigenvalue weighted by molar-refractivity contribution is -0.144. The van der Waals surface area contributed by atoms with Crippen molar-refractivity contribution in [1.82, 2.24) is 10.2 Å². The van der Waals surface area contributed by atoms with E-state index in [2.05, 4.69) is 5.32 Å². The molecule has 1 fully saturated rings. The summed E-state index contributed by atoms with van der Waals surface area (Å²) in [5.74, 6) is 0.517. The molecule has 1 heterocycles. The Hall–Kier alpha value is -1.79. The molecule has 6 nitrogen and oxygen atoms in total. The first-order valence-corrected chi connectivity index (χ1v) is 6.54. The minimum Gasteiger partial charge on any atom is -0.493 e. The summed E-state index contributed by atoms with van der Waals surface area (Å²) in [7, 11) is 3.18. The molecule has 6 heteroatoms. The Morgan fingerprint density at radius 2 is 2.25 bits per heavy atom. The number of rotatable bonds is 5. The van der Waals surface area contributed by atoms with Gasteiger partial charge in [-0.25, -0.2) is 0 Å². The van der Waals surface area contributed by atoms with Crippen molar-refractivity contribution < 1.29 is 19.4 Å². The zero-order chi connectivity index (χ0) is 14.5. The van der Waals surface area contributed by atoms with Crippen LogP contribution in [0.2, 0.25) is 0 Å². The normalized spacial score (nSPS) is 19.6. The van der Waals surface area contributed by atoms with Crippen LogP contribution < -0.4 is 14.8 Å². The third-order valence-electron chi connectivity index (χ3n) is 3.50. The molecule has 0 saturated carbocycles. The van der Waals surface area contributed by atoms with Gasteiger partial charge in [-0.15, -0.1) is 0 Å². The Bertz CT molecular complexity index is 478. The summed E-state index contributed by atoms with van der Waals surface area (Å²) < 4.78 is 10.7. The molecule has 1 aromatic carbocycles. The lowest BCUT2D eigenvalue weighted by atomic mass is 10.1. The van der Waals surface area contributed by atoms with Gasteiger partial charge in [0.1, 0.15) is 6.04 Å². The molecule has 20 heavy (non-hydrogen) atoms. The van der Waals surface area contributed by atoms with Crippen LogP contribution in [0.4, 0.5) is 0 Å². The third kappa shape index (κ3) is 3.02. The van der Waals surface area contributed by atoms with Crippen LogP contribution in [-0.2, 0) is 11.3 Å². The minimum absolute atomic E-state index is 0.460. The highest BCUT2D eigenvalue weighted by molar-refractivity contribution is 5.74. The molecule has 1 aliphatic heterocycles. The third-order valence-corrected chi connectivity index (χ3v) is 3.50. The summed E-state index contributed by atoms with van der Waals surface area (Å²) in [6.45, 7) is 2.47. The number of methoxy groups -OCH3 is 2. The molecular formula is C14H20N2O4. The van der Waals surface area contributed by atoms with Gasteiger partial charge < -0.3 is 19.9 Å². The van der Waals surface area contributed by atoms with Crippen LogP contribution in [0.1, 0.15) is 5.56 Å². The standard InChI is InChI=1S/C14H20N2O4/c1-19-12-5-3-4-10(13(12)20-2)9-16-7-6-15-8-11(16)14(17)18/h3-5,11,15H,6-9H2,1-2H3,(H,17,18). The van der Waals surface area contributed by atoms with Crippen LogP contribution in [0, 0.1) is 0 Å². The van der Waals surface area contributed by atoms with Gasteiger partial charge in [0.25, 0.3) is 0 Å². The zero-order valence-electron chi connectivity index (χ0n) is 11.8. The number of hydrogen-bond donors (Lipinski definition) is 2. The van der Waals surface area contributed by atoms with Gasteiger partial charge >= 0.3 is 5.97 Å². The van der Waals surface area contributed by atoms with Gasteiger partial charge in [0.15, 0.2) is 11.5 Å². The molecule has 1 atom stereocenters. The number of carboxylic acids is 1. The molecule has 0 amide bonds. The number of nitrogens with zero attached hydrogens (tertiary/aromatic N) is 1. The highest BCUT2D eigenvalue weighted by Gasteiger charge is 2.29. The van der Waals surface area contributed by atoms with Crippen LogP contribution in [0.3, 0.4) is 0 Å². The number of piperazine rings is 1. The molecule has 1 unspecified atom stereocenters. The smallest absolute Gasteiger partial charge is 0.322 e. The summed E-state index contributed by atoms with van der Waals surface area (Å²) >= 11 is 0. The van der Waals surface area contributed by atoms with Gasteiger partial charge in [-0.3, -0.25) is 9.69 Å². The molecule has 1 aliphatic rings. The van der Waals surface area contributed by atoms with Gasteiger partial charge in [0, 0.05) is 31.7 Å². The van der Waals surface area contributed by atoms with E-state index in [4.69, 9.17) is 9.47 Å². The first-order chi connectivity index (χ1) is 9.67. The molecule has 0 aliphatic carbocycles. The van der Waals surface area contributed by atoms with E-state index >= 15 is 0 Å². The second-order valence-corrected chi connectivity index (χ2v) is 4.68. The van der Waals surface area contributed by atoms with Gasteiger partial charge in [-0.2, -0.15) is 0 Å². The average Bonchev–Trinajstić information content (AvgIpc) is 2.47.